The Kier molecular flexibility index (Phi) is 4.22. The van der Waals surface area contributed by atoms with Crippen LogP contribution in [0, 0.1) is 5.92 Å². The number of aromatic nitrogens is 4. The van der Waals surface area contributed by atoms with Crippen LogP contribution >= 0.6 is 19.2 Å². The van der Waals surface area contributed by atoms with Crippen molar-refractivity contribution < 1.29 is 19.1 Å². The largest absolute Gasteiger partial charge is 0.369 e. The molecule has 0 saturated heterocycles. The molecule has 0 aromatic carbocycles. The summed E-state index contributed by atoms with van der Waals surface area (Å²) in [7, 11) is -2.95. The van der Waals surface area contributed by atoms with Crippen LogP contribution in [0.15, 0.2) is 12.7 Å². The van der Waals surface area contributed by atoms with Crippen molar-refractivity contribution >= 4 is 30.4 Å². The number of methoxy groups -OCH3 is 1. The van der Waals surface area contributed by atoms with Gasteiger partial charge < -0.3 is 19.1 Å². The van der Waals surface area contributed by atoms with Crippen molar-refractivity contribution in [2.24, 2.45) is 5.92 Å². The van der Waals surface area contributed by atoms with Crippen LogP contribution in [0.5, 0.6) is 0 Å². The van der Waals surface area contributed by atoms with Crippen molar-refractivity contribution in [3.63, 3.8) is 0 Å². The van der Waals surface area contributed by atoms with Gasteiger partial charge in [-0.3, -0.25) is 4.57 Å². The summed E-state index contributed by atoms with van der Waals surface area (Å²) in [6.45, 7) is 0. The maximum atomic E-state index is 11.5. The summed E-state index contributed by atoms with van der Waals surface area (Å²) in [6.07, 6.45) is 5.07. The molecular formula is C12H16ClN4O4P. The molecule has 8 nitrogen and oxygen atoms in total. The zero-order valence-corrected chi connectivity index (χ0v) is 13.5. The highest BCUT2D eigenvalue weighted by molar-refractivity contribution is 7.52. The fraction of sp³-hybridized carbons (Fsp3) is 0.583. The minimum absolute atomic E-state index is 0.0603. The van der Waals surface area contributed by atoms with Crippen molar-refractivity contribution in [3.05, 3.63) is 17.8 Å². The Morgan fingerprint density at radius 1 is 1.41 bits per heavy atom. The Morgan fingerprint density at radius 3 is 2.86 bits per heavy atom. The minimum Gasteiger partial charge on any atom is -0.369 e. The smallest absolute Gasteiger partial charge is 0.354 e. The van der Waals surface area contributed by atoms with Gasteiger partial charge in [-0.2, -0.15) is 0 Å². The number of ether oxygens (including phenoxy) is 1. The van der Waals surface area contributed by atoms with E-state index in [4.69, 9.17) is 16.3 Å². The monoisotopic (exact) mass is 346 g/mol. The van der Waals surface area contributed by atoms with Gasteiger partial charge >= 0.3 is 7.60 Å². The Hall–Kier alpha value is -1.05. The summed E-state index contributed by atoms with van der Waals surface area (Å²) in [6, 6.07) is 0.0603. The Bertz CT molecular complexity index is 733. The number of hydrogen-bond acceptors (Lipinski definition) is 5. The molecule has 2 aromatic heterocycles. The van der Waals surface area contributed by atoms with E-state index in [1.54, 1.807) is 6.33 Å². The minimum atomic E-state index is -4.28. The van der Waals surface area contributed by atoms with Crippen LogP contribution in [0.2, 0.25) is 5.15 Å². The highest BCUT2D eigenvalue weighted by atomic mass is 35.5. The second-order valence-electron chi connectivity index (χ2n) is 5.43. The van der Waals surface area contributed by atoms with Crippen LogP contribution in [0.25, 0.3) is 11.2 Å². The first kappa shape index (κ1) is 15.8. The SMILES string of the molecule is COC(C1CCC(n2cnc3c(Cl)ncnc32)C1)P(=O)(O)O. The number of fused-ring (bicyclic) bond motifs is 1. The van der Waals surface area contributed by atoms with E-state index in [0.717, 1.165) is 6.42 Å². The molecular weight excluding hydrogens is 331 g/mol. The topological polar surface area (TPSA) is 110 Å². The third kappa shape index (κ3) is 2.77. The summed E-state index contributed by atoms with van der Waals surface area (Å²) in [5.74, 6) is -1.27. The van der Waals surface area contributed by atoms with E-state index in [9.17, 15) is 14.4 Å². The first-order chi connectivity index (χ1) is 10.4. The molecule has 1 fully saturated rings. The zero-order valence-electron chi connectivity index (χ0n) is 11.8. The molecule has 3 unspecified atom stereocenters. The van der Waals surface area contributed by atoms with E-state index in [1.807, 2.05) is 4.57 Å². The Labute approximate surface area is 131 Å². The van der Waals surface area contributed by atoms with Crippen LogP contribution in [0.4, 0.5) is 0 Å². The van der Waals surface area contributed by atoms with Crippen LogP contribution < -0.4 is 0 Å². The Balaban J connectivity index is 1.86. The quantitative estimate of drug-likeness (QED) is 0.643. The van der Waals surface area contributed by atoms with Gasteiger partial charge in [0.2, 0.25) is 0 Å². The molecule has 22 heavy (non-hydrogen) atoms. The van der Waals surface area contributed by atoms with E-state index >= 15 is 0 Å². The average molecular weight is 347 g/mol. The molecule has 2 aromatic rings. The lowest BCUT2D eigenvalue weighted by atomic mass is 10.1. The van der Waals surface area contributed by atoms with Crippen LogP contribution in [0.1, 0.15) is 25.3 Å². The van der Waals surface area contributed by atoms with Gasteiger partial charge in [-0.1, -0.05) is 11.6 Å². The van der Waals surface area contributed by atoms with Crippen molar-refractivity contribution in [2.45, 2.75) is 31.1 Å². The van der Waals surface area contributed by atoms with Gasteiger partial charge in [-0.05, 0) is 25.2 Å². The summed E-state index contributed by atoms with van der Waals surface area (Å²) < 4.78 is 18.4. The first-order valence-corrected chi connectivity index (χ1v) is 8.88. The van der Waals surface area contributed by atoms with Crippen LogP contribution in [-0.2, 0) is 9.30 Å². The second kappa shape index (κ2) is 5.86. The lowest BCUT2D eigenvalue weighted by Gasteiger charge is -2.23. The Morgan fingerprint density at radius 2 is 2.18 bits per heavy atom. The molecule has 1 aliphatic rings. The molecule has 3 atom stereocenters. The van der Waals surface area contributed by atoms with Gasteiger partial charge in [-0.25, -0.2) is 15.0 Å². The van der Waals surface area contributed by atoms with Gasteiger partial charge in [0.05, 0.1) is 6.33 Å². The maximum absolute atomic E-state index is 11.5. The fourth-order valence-corrected chi connectivity index (χ4v) is 4.47. The van der Waals surface area contributed by atoms with Gasteiger partial charge in [0.25, 0.3) is 0 Å². The predicted octanol–water partition coefficient (Wildman–Crippen LogP) is 1.97. The summed E-state index contributed by atoms with van der Waals surface area (Å²) in [4.78, 5) is 31.1. The van der Waals surface area contributed by atoms with E-state index in [1.165, 1.54) is 13.4 Å². The molecule has 0 amide bonds. The molecule has 3 rings (SSSR count). The standard InChI is InChI=1S/C12H16ClN4O4P/c1-21-12(22(18,19)20)7-2-3-8(4-7)17-6-16-9-10(13)14-5-15-11(9)17/h5-8,12H,2-4H2,1H3,(H2,18,19,20). The van der Waals surface area contributed by atoms with Gasteiger partial charge in [0.15, 0.2) is 16.6 Å². The summed E-state index contributed by atoms with van der Waals surface area (Å²) in [5, 5.41) is 0.295. The number of hydrogen-bond donors (Lipinski definition) is 2. The van der Waals surface area contributed by atoms with Crippen molar-refractivity contribution in [2.75, 3.05) is 7.11 Å². The molecule has 1 saturated carbocycles. The summed E-state index contributed by atoms with van der Waals surface area (Å²) >= 11 is 5.99. The highest BCUT2D eigenvalue weighted by Crippen LogP contribution is 2.51. The number of imidazole rings is 1. The van der Waals surface area contributed by atoms with Crippen LogP contribution in [-0.4, -0.2) is 42.3 Å². The lowest BCUT2D eigenvalue weighted by molar-refractivity contribution is 0.0905. The molecule has 2 N–H and O–H groups in total. The van der Waals surface area contributed by atoms with Crippen molar-refractivity contribution in [1.29, 1.82) is 0 Å². The number of halogens is 1. The molecule has 0 aliphatic heterocycles. The summed E-state index contributed by atoms with van der Waals surface area (Å²) in [5.41, 5.74) is 1.17. The number of nitrogens with zero attached hydrogens (tertiary/aromatic N) is 4. The van der Waals surface area contributed by atoms with Gasteiger partial charge in [0, 0.05) is 13.2 Å². The van der Waals surface area contributed by atoms with E-state index in [-0.39, 0.29) is 12.0 Å². The van der Waals surface area contributed by atoms with E-state index in [0.29, 0.717) is 29.2 Å². The highest BCUT2D eigenvalue weighted by Gasteiger charge is 2.41. The zero-order chi connectivity index (χ0) is 15.9. The predicted molar refractivity (Wildman–Crippen MR) is 79.6 cm³/mol. The normalized spacial score (nSPS) is 24.0. The van der Waals surface area contributed by atoms with Crippen molar-refractivity contribution in [3.8, 4) is 0 Å². The molecule has 0 radical (unpaired) electrons. The van der Waals surface area contributed by atoms with Crippen molar-refractivity contribution in [1.82, 2.24) is 19.5 Å². The third-order valence-electron chi connectivity index (χ3n) is 4.13. The third-order valence-corrected chi connectivity index (χ3v) is 5.70. The first-order valence-electron chi connectivity index (χ1n) is 6.83. The second-order valence-corrected chi connectivity index (χ2v) is 7.48. The molecule has 120 valence electrons. The fourth-order valence-electron chi connectivity index (χ4n) is 3.20. The molecule has 2 heterocycles. The molecule has 10 heteroatoms. The van der Waals surface area contributed by atoms with Gasteiger partial charge in [-0.15, -0.1) is 0 Å². The lowest BCUT2D eigenvalue weighted by Crippen LogP contribution is -2.21. The molecule has 0 spiro atoms. The average Bonchev–Trinajstić information content (AvgIpc) is 3.05. The molecule has 1 aliphatic carbocycles. The van der Waals surface area contributed by atoms with E-state index < -0.39 is 13.4 Å². The molecule has 0 bridgehead atoms. The van der Waals surface area contributed by atoms with E-state index in [2.05, 4.69) is 15.0 Å². The number of rotatable bonds is 4. The maximum Gasteiger partial charge on any atom is 0.354 e. The van der Waals surface area contributed by atoms with Crippen LogP contribution in [0.3, 0.4) is 0 Å². The van der Waals surface area contributed by atoms with Gasteiger partial charge in [0.1, 0.15) is 11.8 Å².